The highest BCUT2D eigenvalue weighted by Crippen LogP contribution is 2.34. The number of amides is 1. The topological polar surface area (TPSA) is 50.6 Å². The van der Waals surface area contributed by atoms with Crippen molar-refractivity contribution in [3.05, 3.63) is 28.8 Å². The first-order chi connectivity index (χ1) is 12.8. The molecule has 1 amide bonds. The fourth-order valence-electron chi connectivity index (χ4n) is 2.80. The molecule has 0 saturated carbocycles. The van der Waals surface area contributed by atoms with Gasteiger partial charge in [0.1, 0.15) is 0 Å². The summed E-state index contributed by atoms with van der Waals surface area (Å²) in [5, 5.41) is 3.78. The number of thiophene rings is 1. The largest absolute Gasteiger partial charge is 0.435 e. The van der Waals surface area contributed by atoms with E-state index in [2.05, 4.69) is 10.00 Å². The summed E-state index contributed by atoms with van der Waals surface area (Å²) in [5.41, 5.74) is -0.549. The quantitative estimate of drug-likeness (QED) is 0.772. The molecular weight excluding hydrogens is 381 g/mol. The molecule has 0 atom stereocenters. The molecule has 0 radical (unpaired) electrons. The molecule has 2 aromatic heterocycles. The summed E-state index contributed by atoms with van der Waals surface area (Å²) in [4.78, 5) is 16.7. The third-order valence-corrected chi connectivity index (χ3v) is 5.37. The number of aromatic nitrogens is 2. The molecule has 27 heavy (non-hydrogen) atoms. The second-order valence-electron chi connectivity index (χ2n) is 6.45. The lowest BCUT2D eigenvalue weighted by Gasteiger charge is -2.26. The number of hydrogen-bond donors (Lipinski definition) is 0. The Balaban J connectivity index is 1.86. The number of rotatable bonds is 5. The van der Waals surface area contributed by atoms with Crippen LogP contribution in [0.15, 0.2) is 18.2 Å². The maximum Gasteiger partial charge on any atom is 0.435 e. The van der Waals surface area contributed by atoms with Crippen molar-refractivity contribution in [3.63, 3.8) is 0 Å². The predicted octanol–water partition coefficient (Wildman–Crippen LogP) is 2.66. The van der Waals surface area contributed by atoms with Gasteiger partial charge in [-0.05, 0) is 18.2 Å². The van der Waals surface area contributed by atoms with Crippen LogP contribution >= 0.6 is 11.3 Å². The Kier molecular flexibility index (Phi) is 5.87. The van der Waals surface area contributed by atoms with E-state index in [9.17, 15) is 18.0 Å². The molecule has 2 aromatic rings. The Bertz CT molecular complexity index is 794. The Morgan fingerprint density at radius 1 is 1.26 bits per heavy atom. The molecule has 6 nitrogen and oxygen atoms in total. The fourth-order valence-corrected chi connectivity index (χ4v) is 3.84. The molecule has 0 aliphatic carbocycles. The van der Waals surface area contributed by atoms with E-state index >= 15 is 0 Å². The molecule has 0 bridgehead atoms. The van der Waals surface area contributed by atoms with Gasteiger partial charge in [-0.1, -0.05) is 0 Å². The number of morpholine rings is 1. The Morgan fingerprint density at radius 3 is 2.59 bits per heavy atom. The molecule has 1 aliphatic rings. The highest BCUT2D eigenvalue weighted by molar-refractivity contribution is 7.17. The Morgan fingerprint density at radius 2 is 1.96 bits per heavy atom. The number of nitrogens with zero attached hydrogens (tertiary/aromatic N) is 4. The van der Waals surface area contributed by atoms with Crippen molar-refractivity contribution in [2.24, 2.45) is 0 Å². The van der Waals surface area contributed by atoms with Gasteiger partial charge in [0, 0.05) is 33.7 Å². The van der Waals surface area contributed by atoms with Crippen LogP contribution in [0.25, 0.3) is 10.6 Å². The number of carbonyl (C=O) groups is 1. The van der Waals surface area contributed by atoms with E-state index in [0.29, 0.717) is 41.8 Å². The third kappa shape index (κ3) is 4.69. The summed E-state index contributed by atoms with van der Waals surface area (Å²) in [7, 11) is 3.27. The monoisotopic (exact) mass is 402 g/mol. The third-order valence-electron chi connectivity index (χ3n) is 4.28. The minimum atomic E-state index is -4.52. The van der Waals surface area contributed by atoms with Gasteiger partial charge in [-0.2, -0.15) is 18.3 Å². The van der Waals surface area contributed by atoms with E-state index < -0.39 is 11.9 Å². The van der Waals surface area contributed by atoms with Gasteiger partial charge in [-0.3, -0.25) is 14.4 Å². The van der Waals surface area contributed by atoms with Crippen molar-refractivity contribution >= 4 is 17.2 Å². The second kappa shape index (κ2) is 7.99. The van der Waals surface area contributed by atoms with Crippen molar-refractivity contribution in [3.8, 4) is 10.6 Å². The predicted molar refractivity (Wildman–Crippen MR) is 95.8 cm³/mol. The van der Waals surface area contributed by atoms with Gasteiger partial charge in [0.15, 0.2) is 5.69 Å². The summed E-state index contributed by atoms with van der Waals surface area (Å²) in [6.07, 6.45) is -4.52. The zero-order chi connectivity index (χ0) is 19.6. The molecule has 148 valence electrons. The lowest BCUT2D eigenvalue weighted by molar-refractivity contribution is -0.141. The zero-order valence-electron chi connectivity index (χ0n) is 15.1. The molecule has 1 fully saturated rings. The molecule has 3 heterocycles. The van der Waals surface area contributed by atoms with Gasteiger partial charge < -0.3 is 9.64 Å². The Labute approximate surface area is 159 Å². The van der Waals surface area contributed by atoms with Crippen molar-refractivity contribution in [2.45, 2.75) is 12.7 Å². The van der Waals surface area contributed by atoms with Gasteiger partial charge in [0.05, 0.1) is 35.2 Å². The molecule has 3 rings (SSSR count). The van der Waals surface area contributed by atoms with E-state index in [1.807, 2.05) is 0 Å². The molecule has 0 aromatic carbocycles. The van der Waals surface area contributed by atoms with E-state index in [1.165, 1.54) is 20.9 Å². The van der Waals surface area contributed by atoms with Crippen LogP contribution in [0.5, 0.6) is 0 Å². The summed E-state index contributed by atoms with van der Waals surface area (Å²) in [6, 6.07) is 4.35. The zero-order valence-corrected chi connectivity index (χ0v) is 15.9. The standard InChI is InChI=1S/C17H21F3N4O2S/c1-22(2)16(25)14-4-3-13(27-14)12-11-15(17(18,19)20)21-24(12)6-5-23-7-9-26-10-8-23/h3-4,11H,5-10H2,1-2H3. The summed E-state index contributed by atoms with van der Waals surface area (Å²) < 4.78 is 46.2. The van der Waals surface area contributed by atoms with Gasteiger partial charge in [0.25, 0.3) is 5.91 Å². The van der Waals surface area contributed by atoms with Crippen molar-refractivity contribution < 1.29 is 22.7 Å². The molecule has 0 unspecified atom stereocenters. The van der Waals surface area contributed by atoms with Gasteiger partial charge in [0.2, 0.25) is 0 Å². The molecule has 1 saturated heterocycles. The normalized spacial score (nSPS) is 15.9. The van der Waals surface area contributed by atoms with Crippen LogP contribution in [-0.2, 0) is 17.5 Å². The van der Waals surface area contributed by atoms with Crippen LogP contribution in [0.1, 0.15) is 15.4 Å². The molecule has 0 spiro atoms. The van der Waals surface area contributed by atoms with Crippen molar-refractivity contribution in [2.75, 3.05) is 46.9 Å². The number of hydrogen-bond acceptors (Lipinski definition) is 5. The van der Waals surface area contributed by atoms with Crippen LogP contribution in [0.3, 0.4) is 0 Å². The van der Waals surface area contributed by atoms with Crippen molar-refractivity contribution in [1.29, 1.82) is 0 Å². The average molecular weight is 402 g/mol. The first-order valence-corrected chi connectivity index (χ1v) is 9.34. The Hall–Kier alpha value is -1.91. The van der Waals surface area contributed by atoms with Crippen LogP contribution < -0.4 is 0 Å². The van der Waals surface area contributed by atoms with Gasteiger partial charge >= 0.3 is 6.18 Å². The van der Waals surface area contributed by atoms with E-state index in [-0.39, 0.29) is 5.91 Å². The van der Waals surface area contributed by atoms with E-state index in [1.54, 1.807) is 26.2 Å². The number of carbonyl (C=O) groups excluding carboxylic acids is 1. The highest BCUT2D eigenvalue weighted by atomic mass is 32.1. The summed E-state index contributed by atoms with van der Waals surface area (Å²) >= 11 is 1.17. The summed E-state index contributed by atoms with van der Waals surface area (Å²) in [6.45, 7) is 3.68. The van der Waals surface area contributed by atoms with Crippen LogP contribution in [0.4, 0.5) is 13.2 Å². The van der Waals surface area contributed by atoms with Crippen LogP contribution in [-0.4, -0.2) is 72.4 Å². The van der Waals surface area contributed by atoms with Crippen LogP contribution in [0.2, 0.25) is 0 Å². The van der Waals surface area contributed by atoms with Crippen molar-refractivity contribution in [1.82, 2.24) is 19.6 Å². The van der Waals surface area contributed by atoms with E-state index in [0.717, 1.165) is 19.2 Å². The second-order valence-corrected chi connectivity index (χ2v) is 7.54. The summed E-state index contributed by atoms with van der Waals surface area (Å²) in [5.74, 6) is -0.179. The van der Waals surface area contributed by atoms with Gasteiger partial charge in [-0.15, -0.1) is 11.3 Å². The lowest BCUT2D eigenvalue weighted by Crippen LogP contribution is -2.38. The van der Waals surface area contributed by atoms with E-state index in [4.69, 9.17) is 4.74 Å². The maximum atomic E-state index is 13.2. The molecule has 0 N–H and O–H groups in total. The number of alkyl halides is 3. The minimum Gasteiger partial charge on any atom is -0.379 e. The van der Waals surface area contributed by atoms with Gasteiger partial charge in [-0.25, -0.2) is 0 Å². The minimum absolute atomic E-state index is 0.179. The number of ether oxygens (including phenoxy) is 1. The average Bonchev–Trinajstić information content (AvgIpc) is 3.26. The lowest BCUT2D eigenvalue weighted by atomic mass is 10.3. The smallest absolute Gasteiger partial charge is 0.379 e. The molecular formula is C17H21F3N4O2S. The first kappa shape index (κ1) is 19.8. The van der Waals surface area contributed by atoms with Crippen LogP contribution in [0, 0.1) is 0 Å². The maximum absolute atomic E-state index is 13.2. The molecule has 10 heteroatoms. The number of halogens is 3. The SMILES string of the molecule is CN(C)C(=O)c1ccc(-c2cc(C(F)(F)F)nn2CCN2CCOCC2)s1. The first-order valence-electron chi connectivity index (χ1n) is 8.52. The molecule has 1 aliphatic heterocycles. The highest BCUT2D eigenvalue weighted by Gasteiger charge is 2.35. The fraction of sp³-hybridized carbons (Fsp3) is 0.529.